The van der Waals surface area contributed by atoms with Gasteiger partial charge in [0.1, 0.15) is 0 Å². The predicted molar refractivity (Wildman–Crippen MR) is 242 cm³/mol. The van der Waals surface area contributed by atoms with Gasteiger partial charge in [0.05, 0.1) is 38.8 Å². The standard InChI is InChI=1S/C54H32N4/c1-3-15-33(16-4-1)35-19-11-20-36(31-35)43-32-44-51(34-17-5-2-6-18-34)55-54(56-52(44)40-23-8-7-21-37(40)43)58-46-28-13-24-39-42-26-12-25-41-38-22-9-10-27-45(38)57(53(41)42)47-29-14-30-48(58)50(47)49(39)46/h1-32H. The van der Waals surface area contributed by atoms with E-state index in [1.165, 1.54) is 60.0 Å². The molecule has 4 nitrogen and oxygen atoms in total. The van der Waals surface area contributed by atoms with Crippen LogP contribution in [0.15, 0.2) is 194 Å². The second-order valence-corrected chi connectivity index (χ2v) is 15.3. The number of benzene rings is 9. The van der Waals surface area contributed by atoms with Crippen molar-refractivity contribution in [2.45, 2.75) is 0 Å². The molecule has 13 rings (SSSR count). The Morgan fingerprint density at radius 2 is 0.879 bits per heavy atom. The summed E-state index contributed by atoms with van der Waals surface area (Å²) in [6.07, 6.45) is 0. The molecule has 0 fully saturated rings. The topological polar surface area (TPSA) is 35.1 Å². The van der Waals surface area contributed by atoms with Crippen molar-refractivity contribution < 1.29 is 0 Å². The summed E-state index contributed by atoms with van der Waals surface area (Å²) in [7, 11) is 0. The Hall–Kier alpha value is -7.82. The number of rotatable bonds is 4. The molecule has 58 heavy (non-hydrogen) atoms. The molecule has 268 valence electrons. The molecule has 4 aromatic heterocycles. The first kappa shape index (κ1) is 31.4. The fraction of sp³-hybridized carbons (Fsp3) is 0. The van der Waals surface area contributed by atoms with Crippen molar-refractivity contribution in [3.05, 3.63) is 194 Å². The van der Waals surface area contributed by atoms with E-state index < -0.39 is 0 Å². The Kier molecular flexibility index (Phi) is 6.41. The smallest absolute Gasteiger partial charge is 0.235 e. The van der Waals surface area contributed by atoms with Crippen LogP contribution in [-0.2, 0) is 0 Å². The Bertz CT molecular complexity index is 3780. The molecular weight excluding hydrogens is 705 g/mol. The number of hydrogen-bond acceptors (Lipinski definition) is 2. The first-order valence-corrected chi connectivity index (χ1v) is 19.8. The molecule has 4 heteroatoms. The van der Waals surface area contributed by atoms with E-state index in [0.717, 1.165) is 55.1 Å². The van der Waals surface area contributed by atoms with E-state index in [0.29, 0.717) is 5.95 Å². The Balaban J connectivity index is 1.16. The van der Waals surface area contributed by atoms with Crippen molar-refractivity contribution in [2.24, 2.45) is 0 Å². The van der Waals surface area contributed by atoms with E-state index in [9.17, 15) is 0 Å². The van der Waals surface area contributed by atoms with Crippen LogP contribution in [0.4, 0.5) is 0 Å². The van der Waals surface area contributed by atoms with E-state index in [2.05, 4.69) is 203 Å². The lowest BCUT2D eigenvalue weighted by atomic mass is 9.92. The summed E-state index contributed by atoms with van der Waals surface area (Å²) in [4.78, 5) is 11.2. The molecule has 0 aliphatic carbocycles. The molecule has 0 atom stereocenters. The molecule has 0 radical (unpaired) electrons. The summed E-state index contributed by atoms with van der Waals surface area (Å²) >= 11 is 0. The summed E-state index contributed by atoms with van der Waals surface area (Å²) in [6, 6.07) is 70.0. The fourth-order valence-corrected chi connectivity index (χ4v) is 9.80. The van der Waals surface area contributed by atoms with Crippen molar-refractivity contribution in [1.29, 1.82) is 0 Å². The highest BCUT2D eigenvalue weighted by atomic mass is 15.2. The van der Waals surface area contributed by atoms with Crippen LogP contribution in [0, 0.1) is 0 Å². The van der Waals surface area contributed by atoms with Gasteiger partial charge in [-0.1, -0.05) is 158 Å². The van der Waals surface area contributed by atoms with Crippen molar-refractivity contribution in [3.8, 4) is 39.5 Å². The largest absolute Gasteiger partial charge is 0.308 e. The number of aromatic nitrogens is 4. The third-order valence-electron chi connectivity index (χ3n) is 12.2. The summed E-state index contributed by atoms with van der Waals surface area (Å²) in [6.45, 7) is 0. The lowest BCUT2D eigenvalue weighted by molar-refractivity contribution is 1.02. The summed E-state index contributed by atoms with van der Waals surface area (Å²) in [5.74, 6) is 0.654. The minimum atomic E-state index is 0.654. The number of fused-ring (bicyclic) bond motifs is 8. The van der Waals surface area contributed by atoms with Gasteiger partial charge in [-0.3, -0.25) is 4.57 Å². The lowest BCUT2D eigenvalue weighted by Crippen LogP contribution is -2.04. The quantitative estimate of drug-likeness (QED) is 0.169. The molecule has 0 N–H and O–H groups in total. The van der Waals surface area contributed by atoms with Crippen LogP contribution in [0.1, 0.15) is 0 Å². The van der Waals surface area contributed by atoms with E-state index in [4.69, 9.17) is 9.97 Å². The second-order valence-electron chi connectivity index (χ2n) is 15.3. The molecule has 0 aliphatic heterocycles. The zero-order valence-corrected chi connectivity index (χ0v) is 31.3. The number of hydrogen-bond donors (Lipinski definition) is 0. The average molecular weight is 737 g/mol. The Morgan fingerprint density at radius 1 is 0.328 bits per heavy atom. The Labute approximate surface area is 332 Å². The molecular formula is C54H32N4. The zero-order valence-electron chi connectivity index (χ0n) is 31.3. The number of nitrogens with zero attached hydrogens (tertiary/aromatic N) is 4. The fourth-order valence-electron chi connectivity index (χ4n) is 9.80. The van der Waals surface area contributed by atoms with Gasteiger partial charge in [-0.2, -0.15) is 0 Å². The average Bonchev–Trinajstić information content (AvgIpc) is 3.78. The van der Waals surface area contributed by atoms with Crippen molar-refractivity contribution in [3.63, 3.8) is 0 Å². The first-order valence-electron chi connectivity index (χ1n) is 19.8. The predicted octanol–water partition coefficient (Wildman–Crippen LogP) is 14.0. The molecule has 0 amide bonds. The third kappa shape index (κ3) is 4.29. The monoisotopic (exact) mass is 736 g/mol. The van der Waals surface area contributed by atoms with E-state index in [-0.39, 0.29) is 0 Å². The van der Waals surface area contributed by atoms with Crippen molar-refractivity contribution >= 4 is 81.6 Å². The van der Waals surface area contributed by atoms with Crippen LogP contribution < -0.4 is 0 Å². The summed E-state index contributed by atoms with van der Waals surface area (Å²) in [5.41, 5.74) is 13.4. The second kappa shape index (κ2) is 11.8. The molecule has 0 saturated carbocycles. The Morgan fingerprint density at radius 3 is 1.71 bits per heavy atom. The van der Waals surface area contributed by atoms with Crippen LogP contribution in [-0.4, -0.2) is 18.9 Å². The minimum Gasteiger partial charge on any atom is -0.308 e. The summed E-state index contributed by atoms with van der Waals surface area (Å²) < 4.78 is 4.77. The van der Waals surface area contributed by atoms with Gasteiger partial charge in [0.25, 0.3) is 0 Å². The maximum absolute atomic E-state index is 5.60. The van der Waals surface area contributed by atoms with Gasteiger partial charge < -0.3 is 4.40 Å². The van der Waals surface area contributed by atoms with Gasteiger partial charge in [0, 0.05) is 43.3 Å². The van der Waals surface area contributed by atoms with E-state index >= 15 is 0 Å². The minimum absolute atomic E-state index is 0.654. The van der Waals surface area contributed by atoms with Gasteiger partial charge in [0.15, 0.2) is 0 Å². The van der Waals surface area contributed by atoms with Gasteiger partial charge in [-0.15, -0.1) is 0 Å². The molecule has 0 aliphatic rings. The van der Waals surface area contributed by atoms with Crippen LogP contribution in [0.2, 0.25) is 0 Å². The van der Waals surface area contributed by atoms with Crippen LogP contribution >= 0.6 is 0 Å². The molecule has 13 aromatic rings. The van der Waals surface area contributed by atoms with Gasteiger partial charge >= 0.3 is 0 Å². The SMILES string of the molecule is c1ccc(-c2cccc(-c3cc4c(-c5ccccc5)nc(-n5c6cccc7c8cccc9c%10ccccc%10n(c%10cccc5c%10c76)c89)nc4c4ccccc34)c2)cc1. The van der Waals surface area contributed by atoms with Gasteiger partial charge in [0.2, 0.25) is 5.95 Å². The van der Waals surface area contributed by atoms with Crippen LogP contribution in [0.3, 0.4) is 0 Å². The van der Waals surface area contributed by atoms with E-state index in [1.807, 2.05) is 0 Å². The highest BCUT2D eigenvalue weighted by Crippen LogP contribution is 2.45. The molecule has 0 saturated heterocycles. The van der Waals surface area contributed by atoms with Crippen LogP contribution in [0.5, 0.6) is 0 Å². The van der Waals surface area contributed by atoms with Crippen molar-refractivity contribution in [2.75, 3.05) is 0 Å². The third-order valence-corrected chi connectivity index (χ3v) is 12.2. The highest BCUT2D eigenvalue weighted by Gasteiger charge is 2.24. The molecule has 0 bridgehead atoms. The van der Waals surface area contributed by atoms with Crippen molar-refractivity contribution in [1.82, 2.24) is 18.9 Å². The molecule has 0 unspecified atom stereocenters. The maximum atomic E-state index is 5.60. The molecule has 0 spiro atoms. The molecule has 4 heterocycles. The van der Waals surface area contributed by atoms with E-state index in [1.54, 1.807) is 0 Å². The first-order chi connectivity index (χ1) is 28.8. The van der Waals surface area contributed by atoms with Gasteiger partial charge in [-0.05, 0) is 69.4 Å². The maximum Gasteiger partial charge on any atom is 0.235 e. The zero-order chi connectivity index (χ0) is 37.9. The highest BCUT2D eigenvalue weighted by molar-refractivity contribution is 6.31. The summed E-state index contributed by atoms with van der Waals surface area (Å²) in [5, 5.41) is 10.7. The normalized spacial score (nSPS) is 12.1. The molecule has 9 aromatic carbocycles. The van der Waals surface area contributed by atoms with Crippen LogP contribution in [0.25, 0.3) is 121 Å². The van der Waals surface area contributed by atoms with Gasteiger partial charge in [-0.25, -0.2) is 9.97 Å². The number of para-hydroxylation sites is 2. The lowest BCUT2D eigenvalue weighted by Gasteiger charge is -2.16.